The molecule has 1 unspecified atom stereocenters. The van der Waals surface area contributed by atoms with E-state index in [0.29, 0.717) is 6.04 Å². The first kappa shape index (κ1) is 13.2. The van der Waals surface area contributed by atoms with Crippen molar-refractivity contribution >= 4 is 16.6 Å². The van der Waals surface area contributed by atoms with Gasteiger partial charge >= 0.3 is 0 Å². The molecule has 3 rings (SSSR count). The van der Waals surface area contributed by atoms with Crippen molar-refractivity contribution in [3.63, 3.8) is 0 Å². The van der Waals surface area contributed by atoms with Crippen LogP contribution < -0.4 is 10.1 Å². The molecule has 2 heterocycles. The molecule has 0 bridgehead atoms. The predicted octanol–water partition coefficient (Wildman–Crippen LogP) is 3.14. The highest BCUT2D eigenvalue weighted by molar-refractivity contribution is 5.96. The van der Waals surface area contributed by atoms with Crippen molar-refractivity contribution in [3.05, 3.63) is 30.0 Å². The van der Waals surface area contributed by atoms with E-state index in [-0.39, 0.29) is 0 Å². The average molecular weight is 272 g/mol. The van der Waals surface area contributed by atoms with Gasteiger partial charge in [-0.25, -0.2) is 0 Å². The van der Waals surface area contributed by atoms with Crippen molar-refractivity contribution in [1.29, 1.82) is 0 Å². The lowest BCUT2D eigenvalue weighted by Crippen LogP contribution is -2.30. The molecule has 106 valence electrons. The molecule has 20 heavy (non-hydrogen) atoms. The summed E-state index contributed by atoms with van der Waals surface area (Å²) in [4.78, 5) is 4.51. The van der Waals surface area contributed by atoms with Crippen LogP contribution in [0, 0.1) is 6.92 Å². The first-order chi connectivity index (χ1) is 9.79. The molecular weight excluding hydrogens is 252 g/mol. The van der Waals surface area contributed by atoms with E-state index in [0.717, 1.165) is 54.0 Å². The summed E-state index contributed by atoms with van der Waals surface area (Å²) < 4.78 is 10.9. The van der Waals surface area contributed by atoms with Crippen LogP contribution in [0.3, 0.4) is 0 Å². The largest absolute Gasteiger partial charge is 0.494 e. The smallest absolute Gasteiger partial charge is 0.145 e. The maximum Gasteiger partial charge on any atom is 0.145 e. The Hall–Kier alpha value is -1.81. The number of nitrogens with zero attached hydrogens (tertiary/aromatic N) is 1. The second-order valence-corrected chi connectivity index (χ2v) is 5.23. The van der Waals surface area contributed by atoms with Gasteiger partial charge in [-0.2, -0.15) is 0 Å². The third-order valence-electron chi connectivity index (χ3n) is 3.78. The van der Waals surface area contributed by atoms with E-state index >= 15 is 0 Å². The van der Waals surface area contributed by atoms with Crippen molar-refractivity contribution in [1.82, 2.24) is 4.98 Å². The monoisotopic (exact) mass is 272 g/mol. The van der Waals surface area contributed by atoms with Gasteiger partial charge in [-0.3, -0.25) is 4.98 Å². The van der Waals surface area contributed by atoms with Gasteiger partial charge in [-0.15, -0.1) is 0 Å². The number of para-hydroxylation sites is 1. The van der Waals surface area contributed by atoms with Crippen LogP contribution >= 0.6 is 0 Å². The molecule has 1 aliphatic rings. The van der Waals surface area contributed by atoms with Gasteiger partial charge in [0, 0.05) is 29.9 Å². The lowest BCUT2D eigenvalue weighted by atomic mass is 10.1. The Labute approximate surface area is 119 Å². The van der Waals surface area contributed by atoms with E-state index in [1.165, 1.54) is 0 Å². The summed E-state index contributed by atoms with van der Waals surface area (Å²) in [6, 6.07) is 6.41. The van der Waals surface area contributed by atoms with Gasteiger partial charge in [0.25, 0.3) is 0 Å². The van der Waals surface area contributed by atoms with E-state index in [1.807, 2.05) is 18.3 Å². The summed E-state index contributed by atoms with van der Waals surface area (Å²) in [5.41, 5.74) is 3.19. The lowest BCUT2D eigenvalue weighted by molar-refractivity contribution is 0.0876. The molecule has 1 fully saturated rings. The van der Waals surface area contributed by atoms with Gasteiger partial charge in [-0.05, 0) is 31.4 Å². The second kappa shape index (κ2) is 5.67. The van der Waals surface area contributed by atoms with Crippen LogP contribution in [0.15, 0.2) is 24.4 Å². The molecule has 1 aromatic heterocycles. The number of benzene rings is 1. The number of ether oxygens (including phenoxy) is 2. The molecule has 1 aromatic carbocycles. The molecule has 4 heteroatoms. The number of hydrogen-bond donors (Lipinski definition) is 1. The Kier molecular flexibility index (Phi) is 3.74. The van der Waals surface area contributed by atoms with Crippen LogP contribution in [0.1, 0.15) is 18.4 Å². The van der Waals surface area contributed by atoms with E-state index in [2.05, 4.69) is 23.3 Å². The minimum Gasteiger partial charge on any atom is -0.494 e. The fourth-order valence-corrected chi connectivity index (χ4v) is 2.71. The molecule has 1 N–H and O–H groups in total. The molecule has 2 aromatic rings. The highest BCUT2D eigenvalue weighted by Gasteiger charge is 2.17. The predicted molar refractivity (Wildman–Crippen MR) is 80.5 cm³/mol. The number of anilines is 1. The maximum absolute atomic E-state index is 5.55. The highest BCUT2D eigenvalue weighted by atomic mass is 16.5. The number of methoxy groups -OCH3 is 1. The van der Waals surface area contributed by atoms with Gasteiger partial charge in [0.05, 0.1) is 13.7 Å². The normalized spacial score (nSPS) is 19.0. The van der Waals surface area contributed by atoms with E-state index < -0.39 is 0 Å². The fourth-order valence-electron chi connectivity index (χ4n) is 2.71. The van der Waals surface area contributed by atoms with Gasteiger partial charge in [-0.1, -0.05) is 12.1 Å². The Morgan fingerprint density at radius 3 is 3.05 bits per heavy atom. The number of nitrogens with one attached hydrogen (secondary N) is 1. The lowest BCUT2D eigenvalue weighted by Gasteiger charge is -2.25. The minimum atomic E-state index is 0.374. The molecule has 0 saturated carbocycles. The van der Waals surface area contributed by atoms with Gasteiger partial charge in [0.15, 0.2) is 0 Å². The molecule has 4 nitrogen and oxygen atoms in total. The van der Waals surface area contributed by atoms with Crippen LogP contribution in [0.2, 0.25) is 0 Å². The molecule has 1 saturated heterocycles. The Morgan fingerprint density at radius 2 is 2.30 bits per heavy atom. The molecule has 0 amide bonds. The molecule has 1 aliphatic heterocycles. The summed E-state index contributed by atoms with van der Waals surface area (Å²) >= 11 is 0. The Bertz CT molecular complexity index is 607. The third-order valence-corrected chi connectivity index (χ3v) is 3.78. The van der Waals surface area contributed by atoms with Gasteiger partial charge < -0.3 is 14.8 Å². The van der Waals surface area contributed by atoms with Crippen molar-refractivity contribution in [2.24, 2.45) is 0 Å². The molecule has 0 spiro atoms. The average Bonchev–Trinajstić information content (AvgIpc) is 2.50. The SMILES string of the molecule is COc1cccc2c(NC3CCCOC3)c(C)cnc12. The fraction of sp³-hybridized carbons (Fsp3) is 0.438. The van der Waals surface area contributed by atoms with Crippen molar-refractivity contribution in [2.75, 3.05) is 25.6 Å². The molecular formula is C16H20N2O2. The first-order valence-corrected chi connectivity index (χ1v) is 7.06. The van der Waals surface area contributed by atoms with E-state index in [9.17, 15) is 0 Å². The second-order valence-electron chi connectivity index (χ2n) is 5.23. The molecule has 1 atom stereocenters. The zero-order valence-electron chi connectivity index (χ0n) is 12.0. The number of rotatable bonds is 3. The third kappa shape index (κ3) is 2.43. The van der Waals surface area contributed by atoms with Crippen LogP contribution in [0.4, 0.5) is 5.69 Å². The standard InChI is InChI=1S/C16H20N2O2/c1-11-9-17-16-13(6-3-7-14(16)19-2)15(11)18-12-5-4-8-20-10-12/h3,6-7,9,12H,4-5,8,10H2,1-2H3,(H,17,18). The Morgan fingerprint density at radius 1 is 1.40 bits per heavy atom. The van der Waals surface area contributed by atoms with Crippen molar-refractivity contribution in [2.45, 2.75) is 25.8 Å². The topological polar surface area (TPSA) is 43.4 Å². The zero-order valence-corrected chi connectivity index (χ0v) is 12.0. The van der Waals surface area contributed by atoms with Crippen molar-refractivity contribution < 1.29 is 9.47 Å². The van der Waals surface area contributed by atoms with E-state index in [4.69, 9.17) is 9.47 Å². The minimum absolute atomic E-state index is 0.374. The first-order valence-electron chi connectivity index (χ1n) is 7.06. The van der Waals surface area contributed by atoms with Crippen LogP contribution in [0.5, 0.6) is 5.75 Å². The summed E-state index contributed by atoms with van der Waals surface area (Å²) in [5.74, 6) is 0.811. The molecule has 0 radical (unpaired) electrons. The number of pyridine rings is 1. The highest BCUT2D eigenvalue weighted by Crippen LogP contribution is 2.32. The number of fused-ring (bicyclic) bond motifs is 1. The summed E-state index contributed by atoms with van der Waals surface area (Å²) in [6.07, 6.45) is 4.16. The zero-order chi connectivity index (χ0) is 13.9. The summed E-state index contributed by atoms with van der Waals surface area (Å²) in [7, 11) is 1.68. The van der Waals surface area contributed by atoms with E-state index in [1.54, 1.807) is 7.11 Å². The number of hydrogen-bond acceptors (Lipinski definition) is 4. The molecule has 0 aliphatic carbocycles. The van der Waals surface area contributed by atoms with Gasteiger partial charge in [0.2, 0.25) is 0 Å². The van der Waals surface area contributed by atoms with Gasteiger partial charge in [0.1, 0.15) is 11.3 Å². The summed E-state index contributed by atoms with van der Waals surface area (Å²) in [6.45, 7) is 3.73. The number of aryl methyl sites for hydroxylation is 1. The van der Waals surface area contributed by atoms with Crippen LogP contribution in [0.25, 0.3) is 10.9 Å². The van der Waals surface area contributed by atoms with Crippen LogP contribution in [-0.4, -0.2) is 31.3 Å². The number of aromatic nitrogens is 1. The van der Waals surface area contributed by atoms with Crippen LogP contribution in [-0.2, 0) is 4.74 Å². The quantitative estimate of drug-likeness (QED) is 0.932. The van der Waals surface area contributed by atoms with Crippen molar-refractivity contribution in [3.8, 4) is 5.75 Å². The Balaban J connectivity index is 2.02. The summed E-state index contributed by atoms with van der Waals surface area (Å²) in [5, 5.41) is 4.73. The maximum atomic E-state index is 5.55.